The minimum absolute atomic E-state index is 0.0107. The van der Waals surface area contributed by atoms with Crippen LogP contribution in [0, 0.1) is 30.6 Å². The van der Waals surface area contributed by atoms with Gasteiger partial charge in [0.2, 0.25) is 5.95 Å². The number of hydrogen-bond acceptors (Lipinski definition) is 40. The summed E-state index contributed by atoms with van der Waals surface area (Å²) in [5.41, 5.74) is 30.4. The van der Waals surface area contributed by atoms with Crippen LogP contribution in [-0.4, -0.2) is 238 Å². The van der Waals surface area contributed by atoms with E-state index in [1.165, 1.54) is 78.2 Å². The quantitative estimate of drug-likeness (QED) is 0.0206. The molecule has 5 aliphatic heterocycles. The largest absolute Gasteiger partial charge is 0.472 e. The lowest BCUT2D eigenvalue weighted by Crippen LogP contribution is -2.38. The first-order valence-electron chi connectivity index (χ1n) is 33.9. The minimum atomic E-state index is -5.46. The molecule has 17 N–H and O–H groups in total. The predicted molar refractivity (Wildman–Crippen MR) is 393 cm³/mol. The number of phosphoric ester groups is 1. The Labute approximate surface area is 641 Å². The van der Waals surface area contributed by atoms with Gasteiger partial charge in [0.1, 0.15) is 127 Å². The molecule has 5 aliphatic rings. The second-order valence-corrected chi connectivity index (χ2v) is 36.4. The lowest BCUT2D eigenvalue weighted by atomic mass is 10.0. The molecule has 0 spiro atoms. The van der Waals surface area contributed by atoms with E-state index in [2.05, 4.69) is 64.8 Å². The zero-order valence-corrected chi connectivity index (χ0v) is 65.2. The number of H-pyrrole nitrogens is 1. The molecule has 54 heteroatoms. The van der Waals surface area contributed by atoms with Gasteiger partial charge in [-0.2, -0.15) is 9.97 Å². The van der Waals surface area contributed by atoms with Crippen LogP contribution in [0.1, 0.15) is 64.4 Å². The number of imidazole rings is 4. The number of aromatic amines is 1. The average molecular weight is 1690 g/mol. The molecule has 5 saturated heterocycles. The zero-order valence-electron chi connectivity index (χ0n) is 59.2. The molecule has 602 valence electrons. The fraction of sp³-hybridized carbons (Fsp3) is 0.579. The Kier molecular flexibility index (Phi) is 23.4. The van der Waals surface area contributed by atoms with Gasteiger partial charge in [0.15, 0.2) is 51.8 Å². The van der Waals surface area contributed by atoms with Gasteiger partial charge >= 0.3 is 33.7 Å². The lowest BCUT2D eigenvalue weighted by Gasteiger charge is -2.29. The number of nitrogens with zero attached hydrogens (tertiary/aromatic N) is 17. The van der Waals surface area contributed by atoms with Crippen LogP contribution in [0.4, 0.5) is 29.2 Å². The van der Waals surface area contributed by atoms with Gasteiger partial charge in [0.25, 0.3) is 5.56 Å². The Hall–Kier alpha value is -6.78. The molecule has 0 amide bonds. The number of fused-ring (bicyclic) bond motifs is 4. The molecule has 111 heavy (non-hydrogen) atoms. The summed E-state index contributed by atoms with van der Waals surface area (Å²) in [5.74, 6) is -3.63. The maximum absolute atomic E-state index is 14.8. The van der Waals surface area contributed by atoms with E-state index >= 15 is 0 Å². The van der Waals surface area contributed by atoms with E-state index in [0.717, 1.165) is 4.57 Å². The van der Waals surface area contributed by atoms with E-state index in [1.54, 1.807) is 32.3 Å². The summed E-state index contributed by atoms with van der Waals surface area (Å²) in [4.78, 5) is 128. The number of hydrogen-bond donors (Lipinski definition) is 12. The number of aliphatic hydroxyl groups is 2. The number of anilines is 5. The molecule has 9 unspecified atom stereocenters. The van der Waals surface area contributed by atoms with E-state index < -0.39 is 194 Å². The van der Waals surface area contributed by atoms with Gasteiger partial charge in [-0.25, -0.2) is 59.2 Å². The molecule has 9 aromatic rings. The van der Waals surface area contributed by atoms with Crippen molar-refractivity contribution in [1.29, 1.82) is 0 Å². The normalized spacial score (nSPS) is 31.3. The standard InChI is InChI=1S/C57H77N23O24P4S3/c1-22-9-76(57(84)73-42(22)58)52-24(3)37(30(98-52)13-95-108(89,111)104-40-27(10-81)96-55(41(40)91-8-7-90-6)79-20-71-34-45(61)65-17-68-48(34)79)101-105(85,86)92-12-29-38(25(4)53(99-29)78-19-70-33-44(60)64-16-67-47(33)78)102-107(88,110)94-14-31-39(26(5)54(100-31)80-21-72-35-49(80)74-56(62)75-50(35)83)103-106(87,109)93-11-28-36(82)23(2)51(97-28)77-18-69-32-43(59)63-15-66-46(32)77/h9,15-21,23-31,36-41,51-55,81-82H,7-8,10-14H2,1-6H3,(H,85,86)(H,87,109)(H,88,110)(H,89,111)(H2,58,73,84)(H2,59,63,66)(H2,60,64,67)(H2,61,65,68)(H3,62,74,75,83)/t23?,24?,25?,26?,27-,28-,29-,30-,31-,36-,37-,38-,39-,40+,41?,51-,52-,53-,54-,55-,106?,107?,108?/m1/s1. The van der Waals surface area contributed by atoms with Crippen molar-refractivity contribution in [2.24, 2.45) is 23.7 Å². The summed E-state index contributed by atoms with van der Waals surface area (Å²) in [6, 6.07) is 0. The number of aromatic nitrogens is 18. The Balaban J connectivity index is 0.698. The van der Waals surface area contributed by atoms with Gasteiger partial charge in [0, 0.05) is 42.5 Å². The summed E-state index contributed by atoms with van der Waals surface area (Å²) in [7, 11) is -4.02. The number of nitrogen functional groups attached to an aromatic ring is 5. The van der Waals surface area contributed by atoms with E-state index in [0.29, 0.717) is 16.7 Å². The van der Waals surface area contributed by atoms with Crippen molar-refractivity contribution in [2.45, 2.75) is 133 Å². The first-order valence-corrected chi connectivity index (χ1v) is 43.2. The molecule has 14 heterocycles. The molecule has 9 aromatic heterocycles. The van der Waals surface area contributed by atoms with Gasteiger partial charge in [-0.05, 0) is 42.3 Å². The van der Waals surface area contributed by atoms with Crippen molar-refractivity contribution in [1.82, 2.24) is 87.6 Å². The van der Waals surface area contributed by atoms with Crippen molar-refractivity contribution in [3.8, 4) is 0 Å². The van der Waals surface area contributed by atoms with Crippen molar-refractivity contribution in [3.05, 3.63) is 76.9 Å². The molecular weight excluding hydrogens is 1610 g/mol. The van der Waals surface area contributed by atoms with E-state index in [9.17, 15) is 43.9 Å². The SMILES string of the molecule is COCCOC1[C@@H](OP(O)(=S)OC[C@H]2O[C@@H](n3cc(C)c(N)nc3=O)C(C)[C@H]2OP(=O)(O)OC[C@H]2O[C@@H](n3cnc4c(N)ncnc43)C(C)[C@H]2OP(O)(=S)OC[C@H]2O[C@@H](n3cnc4c(=O)[nH]c(N)nc43)C(C)[C@H]2OP(O)(=S)OC[C@H]2O[C@@H](n3cnc4c(N)ncnc43)C(C)[C@H]2O)[C@@H](CO)O[C@H]1n1cnc2c(N)ncnc21. The predicted octanol–water partition coefficient (Wildman–Crippen LogP) is -0.110. The van der Waals surface area contributed by atoms with Crippen LogP contribution in [0.25, 0.3) is 44.7 Å². The number of methoxy groups -OCH3 is 1. The Bertz CT molecular complexity index is 5270. The molecular formula is C57H77N23O24P4S3. The highest BCUT2D eigenvalue weighted by Crippen LogP contribution is 2.58. The third-order valence-corrected chi connectivity index (χ3v) is 25.1. The Morgan fingerprint density at radius 1 is 0.486 bits per heavy atom. The molecule has 0 aliphatic carbocycles. The maximum atomic E-state index is 14.8. The summed E-state index contributed by atoms with van der Waals surface area (Å²) in [6.07, 6.45) is -9.94. The summed E-state index contributed by atoms with van der Waals surface area (Å²) >= 11 is 17.0. The highest BCUT2D eigenvalue weighted by molar-refractivity contribution is 8.07. The average Bonchev–Trinajstić information content (AvgIpc) is 1.62. The lowest BCUT2D eigenvalue weighted by molar-refractivity contribution is -0.0785. The number of rotatable bonds is 30. The second kappa shape index (κ2) is 32.1. The third-order valence-electron chi connectivity index (χ3n) is 19.5. The maximum Gasteiger partial charge on any atom is 0.472 e. The first kappa shape index (κ1) is 80.8. The van der Waals surface area contributed by atoms with Crippen LogP contribution in [0.5, 0.6) is 0 Å². The Morgan fingerprint density at radius 2 is 0.892 bits per heavy atom. The van der Waals surface area contributed by atoms with Gasteiger partial charge in [-0.3, -0.25) is 46.2 Å². The summed E-state index contributed by atoms with van der Waals surface area (Å²) in [5, 5.41) is 22.1. The fourth-order valence-corrected chi connectivity index (χ4v) is 19.5. The van der Waals surface area contributed by atoms with Crippen LogP contribution in [-0.2, 0) is 109 Å². The van der Waals surface area contributed by atoms with E-state index in [-0.39, 0.29) is 75.9 Å². The van der Waals surface area contributed by atoms with Gasteiger partial charge in [-0.15, -0.1) is 0 Å². The molecule has 24 atom stereocenters. The van der Waals surface area contributed by atoms with Gasteiger partial charge < -0.3 is 114 Å². The number of aliphatic hydroxyl groups excluding tert-OH is 2. The molecule has 47 nitrogen and oxygen atoms in total. The number of nitrogens with one attached hydrogen (secondary N) is 1. The minimum Gasteiger partial charge on any atom is -0.394 e. The zero-order chi connectivity index (χ0) is 79.1. The smallest absolute Gasteiger partial charge is 0.394 e. The molecule has 0 aromatic carbocycles. The number of phosphoric acid groups is 1. The van der Waals surface area contributed by atoms with E-state index in [1.807, 2.05) is 0 Å². The molecule has 14 rings (SSSR count). The number of aryl methyl sites for hydroxylation is 1. The van der Waals surface area contributed by atoms with Crippen LogP contribution in [0.15, 0.2) is 60.1 Å². The molecule has 0 radical (unpaired) electrons. The van der Waals surface area contributed by atoms with Gasteiger partial charge in [-0.1, -0.05) is 27.7 Å². The fourth-order valence-electron chi connectivity index (χ4n) is 14.0. The number of ether oxygens (including phenoxy) is 7. The number of nitrogens with two attached hydrogens (primary N) is 5. The highest BCUT2D eigenvalue weighted by Gasteiger charge is 2.55. The Morgan fingerprint density at radius 3 is 1.38 bits per heavy atom. The summed E-state index contributed by atoms with van der Waals surface area (Å²) in [6.45, 7) is -9.06. The highest BCUT2D eigenvalue weighted by atomic mass is 32.5. The van der Waals surface area contributed by atoms with Crippen LogP contribution >= 0.6 is 28.0 Å². The topological polar surface area (TPSA) is 636 Å². The summed E-state index contributed by atoms with van der Waals surface area (Å²) < 4.78 is 114. The van der Waals surface area contributed by atoms with Crippen LogP contribution in [0.2, 0.25) is 0 Å². The van der Waals surface area contributed by atoms with Crippen molar-refractivity contribution in [2.75, 3.05) is 82.0 Å². The molecule has 0 saturated carbocycles. The monoisotopic (exact) mass is 1690 g/mol. The van der Waals surface area contributed by atoms with Crippen molar-refractivity contribution < 1.29 is 104 Å². The third kappa shape index (κ3) is 16.4. The van der Waals surface area contributed by atoms with Crippen molar-refractivity contribution in [3.63, 3.8) is 0 Å². The second-order valence-electron chi connectivity index (χ2n) is 26.6. The van der Waals surface area contributed by atoms with Crippen molar-refractivity contribution >= 4 is 137 Å². The molecule has 0 bridgehead atoms. The molecule has 5 fully saturated rings. The first-order chi connectivity index (χ1) is 52.7. The van der Waals surface area contributed by atoms with Crippen LogP contribution in [0.3, 0.4) is 0 Å². The van der Waals surface area contributed by atoms with Crippen LogP contribution < -0.4 is 39.9 Å². The van der Waals surface area contributed by atoms with Gasteiger partial charge in [0.05, 0.1) is 77.7 Å². The van der Waals surface area contributed by atoms with E-state index in [4.69, 9.17) is 133 Å².